The molecule has 0 spiro atoms. The second-order valence-electron chi connectivity index (χ2n) is 4.34. The van der Waals surface area contributed by atoms with Crippen LogP contribution in [0.4, 0.5) is 8.78 Å². The zero-order valence-corrected chi connectivity index (χ0v) is 9.82. The molecule has 0 fully saturated rings. The van der Waals surface area contributed by atoms with E-state index in [-0.39, 0.29) is 5.56 Å². The predicted molar refractivity (Wildman–Crippen MR) is 68.9 cm³/mol. The summed E-state index contributed by atoms with van der Waals surface area (Å²) >= 11 is 0. The standard InChI is InChI=1S/C15H11F2N/c1-9-8-13(15(16)17)12-7-6-10-4-2-3-5-11(10)14(12)18-9/h2-8,15H,1H3. The third-order valence-corrected chi connectivity index (χ3v) is 3.10. The molecule has 0 radical (unpaired) electrons. The van der Waals surface area contributed by atoms with Gasteiger partial charge in [-0.15, -0.1) is 0 Å². The summed E-state index contributed by atoms with van der Waals surface area (Å²) in [4.78, 5) is 4.41. The number of aryl methyl sites for hydroxylation is 1. The molecule has 0 atom stereocenters. The van der Waals surface area contributed by atoms with Gasteiger partial charge in [-0.25, -0.2) is 8.78 Å². The first-order valence-corrected chi connectivity index (χ1v) is 5.74. The monoisotopic (exact) mass is 243 g/mol. The fourth-order valence-corrected chi connectivity index (χ4v) is 2.30. The number of benzene rings is 2. The maximum atomic E-state index is 13.0. The molecule has 1 aromatic heterocycles. The molecule has 18 heavy (non-hydrogen) atoms. The van der Waals surface area contributed by atoms with Crippen molar-refractivity contribution in [1.82, 2.24) is 4.98 Å². The zero-order chi connectivity index (χ0) is 12.7. The lowest BCUT2D eigenvalue weighted by atomic mass is 10.0. The topological polar surface area (TPSA) is 12.9 Å². The van der Waals surface area contributed by atoms with Crippen LogP contribution in [0, 0.1) is 6.92 Å². The maximum Gasteiger partial charge on any atom is 0.264 e. The summed E-state index contributed by atoms with van der Waals surface area (Å²) in [6.45, 7) is 1.74. The fourth-order valence-electron chi connectivity index (χ4n) is 2.30. The summed E-state index contributed by atoms with van der Waals surface area (Å²) < 4.78 is 26.1. The second-order valence-corrected chi connectivity index (χ2v) is 4.34. The molecule has 0 aliphatic rings. The number of hydrogen-bond donors (Lipinski definition) is 0. The first kappa shape index (κ1) is 11.1. The third-order valence-electron chi connectivity index (χ3n) is 3.10. The number of hydrogen-bond acceptors (Lipinski definition) is 1. The van der Waals surface area contributed by atoms with E-state index in [2.05, 4.69) is 4.98 Å². The number of aromatic nitrogens is 1. The van der Waals surface area contributed by atoms with Gasteiger partial charge >= 0.3 is 0 Å². The summed E-state index contributed by atoms with van der Waals surface area (Å²) in [6, 6.07) is 12.7. The van der Waals surface area contributed by atoms with Crippen molar-refractivity contribution in [3.8, 4) is 0 Å². The second kappa shape index (κ2) is 4.02. The Hall–Kier alpha value is -2.03. The van der Waals surface area contributed by atoms with Gasteiger partial charge in [0.2, 0.25) is 0 Å². The Morgan fingerprint density at radius 1 is 1.00 bits per heavy atom. The van der Waals surface area contributed by atoms with E-state index in [0.717, 1.165) is 10.8 Å². The van der Waals surface area contributed by atoms with Crippen LogP contribution >= 0.6 is 0 Å². The van der Waals surface area contributed by atoms with E-state index in [1.807, 2.05) is 30.3 Å². The normalized spacial score (nSPS) is 11.6. The van der Waals surface area contributed by atoms with Crippen molar-refractivity contribution in [1.29, 1.82) is 0 Å². The zero-order valence-electron chi connectivity index (χ0n) is 9.82. The van der Waals surface area contributed by atoms with Crippen LogP contribution in [0.25, 0.3) is 21.7 Å². The van der Waals surface area contributed by atoms with E-state index in [0.29, 0.717) is 16.6 Å². The molecule has 0 saturated carbocycles. The van der Waals surface area contributed by atoms with E-state index in [4.69, 9.17) is 0 Å². The van der Waals surface area contributed by atoms with Gasteiger partial charge < -0.3 is 0 Å². The van der Waals surface area contributed by atoms with E-state index in [9.17, 15) is 8.78 Å². The van der Waals surface area contributed by atoms with Crippen LogP contribution in [-0.2, 0) is 0 Å². The summed E-state index contributed by atoms with van der Waals surface area (Å²) in [6.07, 6.45) is -2.48. The van der Waals surface area contributed by atoms with Crippen molar-refractivity contribution in [3.05, 3.63) is 53.7 Å². The van der Waals surface area contributed by atoms with E-state index in [1.165, 1.54) is 6.07 Å². The van der Waals surface area contributed by atoms with Gasteiger partial charge in [-0.1, -0.05) is 36.4 Å². The summed E-state index contributed by atoms with van der Waals surface area (Å²) in [5, 5.41) is 2.47. The van der Waals surface area contributed by atoms with Crippen molar-refractivity contribution in [2.45, 2.75) is 13.3 Å². The van der Waals surface area contributed by atoms with Crippen LogP contribution in [0.5, 0.6) is 0 Å². The van der Waals surface area contributed by atoms with E-state index < -0.39 is 6.43 Å². The van der Waals surface area contributed by atoms with Crippen LogP contribution in [0.15, 0.2) is 42.5 Å². The van der Waals surface area contributed by atoms with Crippen LogP contribution in [0.1, 0.15) is 17.7 Å². The van der Waals surface area contributed by atoms with Crippen LogP contribution in [0.3, 0.4) is 0 Å². The smallest absolute Gasteiger partial charge is 0.252 e. The molecular weight excluding hydrogens is 232 g/mol. The number of rotatable bonds is 1. The first-order chi connectivity index (χ1) is 8.66. The minimum Gasteiger partial charge on any atom is -0.252 e. The molecule has 1 nitrogen and oxygen atoms in total. The van der Waals surface area contributed by atoms with Gasteiger partial charge in [0.1, 0.15) is 0 Å². The lowest BCUT2D eigenvalue weighted by molar-refractivity contribution is 0.153. The van der Waals surface area contributed by atoms with Gasteiger partial charge in [0.15, 0.2) is 0 Å². The molecule has 0 bridgehead atoms. The molecule has 0 N–H and O–H groups in total. The molecule has 3 rings (SSSR count). The molecule has 0 unspecified atom stereocenters. The van der Waals surface area contributed by atoms with E-state index >= 15 is 0 Å². The molecule has 0 aliphatic heterocycles. The van der Waals surface area contributed by atoms with Crippen molar-refractivity contribution in [2.75, 3.05) is 0 Å². The number of nitrogens with zero attached hydrogens (tertiary/aromatic N) is 1. The number of alkyl halides is 2. The molecule has 90 valence electrons. The SMILES string of the molecule is Cc1cc(C(F)F)c2ccc3ccccc3c2n1. The fraction of sp³-hybridized carbons (Fsp3) is 0.133. The van der Waals surface area contributed by atoms with Gasteiger partial charge in [0.25, 0.3) is 6.43 Å². The average Bonchev–Trinajstić information content (AvgIpc) is 2.37. The molecule has 2 aromatic carbocycles. The van der Waals surface area contributed by atoms with Gasteiger partial charge in [-0.05, 0) is 18.4 Å². The largest absolute Gasteiger partial charge is 0.264 e. The Labute approximate surface area is 103 Å². The van der Waals surface area contributed by atoms with Gasteiger partial charge in [0.05, 0.1) is 5.52 Å². The first-order valence-electron chi connectivity index (χ1n) is 5.74. The predicted octanol–water partition coefficient (Wildman–Crippen LogP) is 4.63. The lowest BCUT2D eigenvalue weighted by Gasteiger charge is -2.09. The molecule has 0 amide bonds. The van der Waals surface area contributed by atoms with Gasteiger partial charge in [-0.3, -0.25) is 4.98 Å². The number of halogens is 2. The molecule has 3 heteroatoms. The van der Waals surface area contributed by atoms with Crippen molar-refractivity contribution < 1.29 is 8.78 Å². The minimum atomic E-state index is -2.48. The molecule has 3 aromatic rings. The summed E-state index contributed by atoms with van der Waals surface area (Å²) in [7, 11) is 0. The maximum absolute atomic E-state index is 13.0. The molecule has 1 heterocycles. The Morgan fingerprint density at radius 3 is 2.56 bits per heavy atom. The quantitative estimate of drug-likeness (QED) is 0.567. The Morgan fingerprint density at radius 2 is 1.78 bits per heavy atom. The lowest BCUT2D eigenvalue weighted by Crippen LogP contribution is -1.93. The highest BCUT2D eigenvalue weighted by molar-refractivity contribution is 6.06. The number of pyridine rings is 1. The third kappa shape index (κ3) is 1.63. The van der Waals surface area contributed by atoms with Gasteiger partial charge in [-0.2, -0.15) is 0 Å². The van der Waals surface area contributed by atoms with Crippen molar-refractivity contribution in [3.63, 3.8) is 0 Å². The molecule has 0 saturated heterocycles. The minimum absolute atomic E-state index is 0.0586. The summed E-state index contributed by atoms with van der Waals surface area (Å²) in [5.74, 6) is 0. The Balaban J connectivity index is 2.51. The highest BCUT2D eigenvalue weighted by Gasteiger charge is 2.14. The Kier molecular flexibility index (Phi) is 2.47. The Bertz CT molecular complexity index is 735. The van der Waals surface area contributed by atoms with Crippen LogP contribution < -0.4 is 0 Å². The van der Waals surface area contributed by atoms with E-state index in [1.54, 1.807) is 13.0 Å². The van der Waals surface area contributed by atoms with Crippen molar-refractivity contribution in [2.24, 2.45) is 0 Å². The van der Waals surface area contributed by atoms with Gasteiger partial charge in [0, 0.05) is 22.0 Å². The van der Waals surface area contributed by atoms with Crippen molar-refractivity contribution >= 4 is 21.7 Å². The molecule has 0 aliphatic carbocycles. The highest BCUT2D eigenvalue weighted by atomic mass is 19.3. The summed E-state index contributed by atoms with van der Waals surface area (Å²) in [5.41, 5.74) is 1.33. The van der Waals surface area contributed by atoms with Crippen LogP contribution in [0.2, 0.25) is 0 Å². The van der Waals surface area contributed by atoms with Crippen LogP contribution in [-0.4, -0.2) is 4.98 Å². The number of fused-ring (bicyclic) bond motifs is 3. The molecular formula is C15H11F2N. The highest BCUT2D eigenvalue weighted by Crippen LogP contribution is 2.31. The average molecular weight is 243 g/mol.